The molecule has 0 bridgehead atoms. The number of fused-ring (bicyclic) bond motifs is 3. The third-order valence-electron chi connectivity index (χ3n) is 4.64. The minimum atomic E-state index is -0.448. The molecule has 0 atom stereocenters. The van der Waals surface area contributed by atoms with Gasteiger partial charge in [0.15, 0.2) is 0 Å². The van der Waals surface area contributed by atoms with Crippen molar-refractivity contribution in [3.8, 4) is 16.2 Å². The predicted molar refractivity (Wildman–Crippen MR) is 111 cm³/mol. The summed E-state index contributed by atoms with van der Waals surface area (Å²) in [5, 5.41) is 7.68. The molecule has 0 saturated carbocycles. The van der Waals surface area contributed by atoms with E-state index in [2.05, 4.69) is 0 Å². The molecule has 0 fully saturated rings. The van der Waals surface area contributed by atoms with Crippen molar-refractivity contribution < 1.29 is 13.9 Å². The van der Waals surface area contributed by atoms with Gasteiger partial charge in [0, 0.05) is 30.1 Å². The maximum Gasteiger partial charge on any atom is 0.268 e. The molecule has 1 N–H and O–H groups in total. The number of amides is 1. The number of benzene rings is 2. The van der Waals surface area contributed by atoms with Gasteiger partial charge in [-0.15, -0.1) is 11.3 Å². The van der Waals surface area contributed by atoms with E-state index in [1.807, 2.05) is 24.3 Å². The van der Waals surface area contributed by atoms with Crippen LogP contribution in [-0.4, -0.2) is 25.8 Å². The number of nitrogens with zero attached hydrogens (tertiary/aromatic N) is 1. The van der Waals surface area contributed by atoms with Gasteiger partial charge in [-0.05, 0) is 53.6 Å². The van der Waals surface area contributed by atoms with Crippen LogP contribution < -0.4 is 9.64 Å². The fourth-order valence-electron chi connectivity index (χ4n) is 3.19. The highest BCUT2D eigenvalue weighted by molar-refractivity contribution is 7.17. The summed E-state index contributed by atoms with van der Waals surface area (Å²) in [6.45, 7) is 0.522. The van der Waals surface area contributed by atoms with Crippen LogP contribution in [0, 0.1) is 11.2 Å². The van der Waals surface area contributed by atoms with Crippen molar-refractivity contribution in [1.82, 2.24) is 0 Å². The van der Waals surface area contributed by atoms with Crippen molar-refractivity contribution in [2.45, 2.75) is 6.42 Å². The van der Waals surface area contributed by atoms with Gasteiger partial charge in [0.25, 0.3) is 5.91 Å². The standard InChI is InChI=1S/C21H16ClFN2O2S/c1-25(17-4-3-14(23)10-16(17)22)21(26)19-9-13-6-7-27-18-5-2-12(11-24)8-15(18)20(13)28-19/h2-5,8-11,24H,6-7H2,1H3. The Morgan fingerprint density at radius 1 is 1.29 bits per heavy atom. The van der Waals surface area contributed by atoms with Gasteiger partial charge < -0.3 is 15.0 Å². The monoisotopic (exact) mass is 414 g/mol. The van der Waals surface area contributed by atoms with E-state index in [0.29, 0.717) is 23.6 Å². The van der Waals surface area contributed by atoms with E-state index in [1.54, 1.807) is 7.05 Å². The number of hydrogen-bond acceptors (Lipinski definition) is 4. The third-order valence-corrected chi connectivity index (χ3v) is 6.14. The van der Waals surface area contributed by atoms with Crippen molar-refractivity contribution in [2.75, 3.05) is 18.6 Å². The Morgan fingerprint density at radius 2 is 2.11 bits per heavy atom. The summed E-state index contributed by atoms with van der Waals surface area (Å²) in [6.07, 6.45) is 1.98. The molecule has 4 rings (SSSR count). The Hall–Kier alpha value is -2.70. The highest BCUT2D eigenvalue weighted by atomic mass is 35.5. The van der Waals surface area contributed by atoms with Crippen LogP contribution in [0.1, 0.15) is 20.8 Å². The van der Waals surface area contributed by atoms with Gasteiger partial charge in [0.05, 0.1) is 22.2 Å². The molecule has 7 heteroatoms. The summed E-state index contributed by atoms with van der Waals surface area (Å²) in [7, 11) is 1.62. The summed E-state index contributed by atoms with van der Waals surface area (Å²) < 4.78 is 19.1. The molecule has 1 aliphatic heterocycles. The molecular weight excluding hydrogens is 399 g/mol. The van der Waals surface area contributed by atoms with Crippen LogP contribution in [0.5, 0.6) is 5.75 Å². The van der Waals surface area contributed by atoms with Gasteiger partial charge in [-0.2, -0.15) is 0 Å². The van der Waals surface area contributed by atoms with Crippen LogP contribution in [0.25, 0.3) is 10.4 Å². The lowest BCUT2D eigenvalue weighted by atomic mass is 10.1. The van der Waals surface area contributed by atoms with Gasteiger partial charge in [-0.1, -0.05) is 11.6 Å². The van der Waals surface area contributed by atoms with E-state index in [1.165, 1.54) is 40.7 Å². The number of nitrogens with one attached hydrogen (secondary N) is 1. The zero-order valence-corrected chi connectivity index (χ0v) is 16.5. The van der Waals surface area contributed by atoms with Crippen LogP contribution >= 0.6 is 22.9 Å². The van der Waals surface area contributed by atoms with Crippen LogP contribution in [0.15, 0.2) is 42.5 Å². The zero-order chi connectivity index (χ0) is 19.8. The predicted octanol–water partition coefficient (Wildman–Crippen LogP) is 5.42. The number of ether oxygens (including phenoxy) is 1. The average Bonchev–Trinajstić information content (AvgIpc) is 3.03. The Kier molecular flexibility index (Phi) is 4.91. The minimum absolute atomic E-state index is 0.184. The highest BCUT2D eigenvalue weighted by Gasteiger charge is 2.24. The third kappa shape index (κ3) is 3.30. The number of anilines is 1. The number of carbonyl (C=O) groups is 1. The Labute approximate surface area is 170 Å². The second-order valence-corrected chi connectivity index (χ2v) is 7.88. The Bertz CT molecular complexity index is 1100. The van der Waals surface area contributed by atoms with E-state index in [4.69, 9.17) is 21.7 Å². The van der Waals surface area contributed by atoms with Gasteiger partial charge in [0.1, 0.15) is 11.6 Å². The molecule has 0 saturated heterocycles. The molecule has 0 unspecified atom stereocenters. The van der Waals surface area contributed by atoms with Crippen molar-refractivity contribution in [3.05, 3.63) is 69.3 Å². The summed E-state index contributed by atoms with van der Waals surface area (Å²) in [6, 6.07) is 11.4. The largest absolute Gasteiger partial charge is 0.493 e. The molecule has 142 valence electrons. The number of rotatable bonds is 3. The lowest BCUT2D eigenvalue weighted by Gasteiger charge is -2.18. The van der Waals surface area contributed by atoms with Gasteiger partial charge >= 0.3 is 0 Å². The summed E-state index contributed by atoms with van der Waals surface area (Å²) in [5.74, 6) is 0.0911. The maximum absolute atomic E-state index is 13.3. The lowest BCUT2D eigenvalue weighted by molar-refractivity contribution is 0.0996. The van der Waals surface area contributed by atoms with Crippen molar-refractivity contribution in [2.24, 2.45) is 0 Å². The fourth-order valence-corrected chi connectivity index (χ4v) is 4.69. The fraction of sp³-hybridized carbons (Fsp3) is 0.143. The van der Waals surface area contributed by atoms with E-state index in [0.717, 1.165) is 27.3 Å². The molecular formula is C21H16ClFN2O2S. The van der Waals surface area contributed by atoms with Crippen LogP contribution in [-0.2, 0) is 6.42 Å². The summed E-state index contributed by atoms with van der Waals surface area (Å²) in [5.41, 5.74) is 3.14. The number of thiophene rings is 1. The SMILES string of the molecule is CN(C(=O)c1cc2c(s1)-c1cc(C=N)ccc1OCC2)c1ccc(F)cc1Cl. The molecule has 1 aliphatic rings. The van der Waals surface area contributed by atoms with E-state index >= 15 is 0 Å². The normalized spacial score (nSPS) is 12.4. The van der Waals surface area contributed by atoms with E-state index in [-0.39, 0.29) is 10.9 Å². The minimum Gasteiger partial charge on any atom is -0.493 e. The highest BCUT2D eigenvalue weighted by Crippen LogP contribution is 2.41. The molecule has 4 nitrogen and oxygen atoms in total. The molecule has 2 heterocycles. The lowest BCUT2D eigenvalue weighted by Crippen LogP contribution is -2.25. The summed E-state index contributed by atoms with van der Waals surface area (Å²) in [4.78, 5) is 16.0. The molecule has 1 aromatic heterocycles. The van der Waals surface area contributed by atoms with Gasteiger partial charge in [-0.3, -0.25) is 4.79 Å². The van der Waals surface area contributed by atoms with Gasteiger partial charge in [0.2, 0.25) is 0 Å². The molecule has 0 spiro atoms. The molecule has 28 heavy (non-hydrogen) atoms. The van der Waals surface area contributed by atoms with Crippen LogP contribution in [0.3, 0.4) is 0 Å². The Balaban J connectivity index is 1.73. The second kappa shape index (κ2) is 7.37. The topological polar surface area (TPSA) is 53.4 Å². The number of hydrogen-bond donors (Lipinski definition) is 1. The molecule has 2 aromatic carbocycles. The number of carbonyl (C=O) groups excluding carboxylic acids is 1. The number of halogens is 2. The second-order valence-electron chi connectivity index (χ2n) is 6.42. The quantitative estimate of drug-likeness (QED) is 0.582. The van der Waals surface area contributed by atoms with Crippen molar-refractivity contribution >= 4 is 40.7 Å². The first-order chi connectivity index (χ1) is 13.5. The average molecular weight is 415 g/mol. The molecule has 3 aromatic rings. The zero-order valence-electron chi connectivity index (χ0n) is 15.0. The van der Waals surface area contributed by atoms with E-state index < -0.39 is 5.82 Å². The molecule has 0 aliphatic carbocycles. The maximum atomic E-state index is 13.3. The first-order valence-corrected chi connectivity index (χ1v) is 9.81. The molecule has 0 radical (unpaired) electrons. The van der Waals surface area contributed by atoms with Crippen LogP contribution in [0.4, 0.5) is 10.1 Å². The van der Waals surface area contributed by atoms with Crippen molar-refractivity contribution in [3.63, 3.8) is 0 Å². The smallest absolute Gasteiger partial charge is 0.268 e. The van der Waals surface area contributed by atoms with Gasteiger partial charge in [-0.25, -0.2) is 4.39 Å². The first kappa shape index (κ1) is 18.7. The van der Waals surface area contributed by atoms with Crippen LogP contribution in [0.2, 0.25) is 5.02 Å². The Morgan fingerprint density at radius 3 is 2.86 bits per heavy atom. The first-order valence-electron chi connectivity index (χ1n) is 8.61. The summed E-state index contributed by atoms with van der Waals surface area (Å²) >= 11 is 7.50. The van der Waals surface area contributed by atoms with Crippen molar-refractivity contribution in [1.29, 1.82) is 5.41 Å². The molecule has 1 amide bonds. The van der Waals surface area contributed by atoms with E-state index in [9.17, 15) is 9.18 Å².